The van der Waals surface area contributed by atoms with Gasteiger partial charge in [-0.25, -0.2) is 0 Å². The van der Waals surface area contributed by atoms with Crippen LogP contribution in [0.4, 0.5) is 13.2 Å². The van der Waals surface area contributed by atoms with E-state index in [0.717, 1.165) is 29.3 Å². The summed E-state index contributed by atoms with van der Waals surface area (Å²) in [5.41, 5.74) is 4.86. The number of hydrogen-bond acceptors (Lipinski definition) is 5. The van der Waals surface area contributed by atoms with E-state index in [2.05, 4.69) is 4.90 Å². The van der Waals surface area contributed by atoms with Gasteiger partial charge in [-0.3, -0.25) is 10.2 Å². The van der Waals surface area contributed by atoms with Crippen molar-refractivity contribution in [3.05, 3.63) is 59.2 Å². The van der Waals surface area contributed by atoms with Crippen molar-refractivity contribution in [3.63, 3.8) is 0 Å². The standard InChI is InChI=1S/C20H23F3N4O2S/c1-13-11-16(30-10-9-26(2)3)7-8-17(13)29-27(19(24)25)18(28)14-5-4-6-15(12-14)20(21,22)23/h4-8,11-12H,9-10H2,1-3H3,(H3,24,25). The van der Waals surface area contributed by atoms with Gasteiger partial charge in [0.15, 0.2) is 5.75 Å². The van der Waals surface area contributed by atoms with Crippen LogP contribution < -0.4 is 10.6 Å². The molecule has 0 unspecified atom stereocenters. The lowest BCUT2D eigenvalue weighted by Crippen LogP contribution is -2.43. The third-order valence-electron chi connectivity index (χ3n) is 3.98. The largest absolute Gasteiger partial charge is 0.416 e. The quantitative estimate of drug-likeness (QED) is 0.294. The van der Waals surface area contributed by atoms with E-state index in [4.69, 9.17) is 16.0 Å². The smallest absolute Gasteiger partial charge is 0.368 e. The van der Waals surface area contributed by atoms with Gasteiger partial charge in [0.25, 0.3) is 5.91 Å². The highest BCUT2D eigenvalue weighted by molar-refractivity contribution is 7.99. The number of carbonyl (C=O) groups is 1. The molecule has 3 N–H and O–H groups in total. The van der Waals surface area contributed by atoms with Crippen molar-refractivity contribution in [3.8, 4) is 5.75 Å². The molecule has 6 nitrogen and oxygen atoms in total. The van der Waals surface area contributed by atoms with E-state index in [1.807, 2.05) is 20.2 Å². The van der Waals surface area contributed by atoms with E-state index in [1.54, 1.807) is 30.8 Å². The van der Waals surface area contributed by atoms with Crippen LogP contribution in [0.2, 0.25) is 0 Å². The molecule has 0 aliphatic heterocycles. The molecule has 2 aromatic rings. The third kappa shape index (κ3) is 6.39. The molecule has 2 aromatic carbocycles. The normalized spacial score (nSPS) is 11.4. The van der Waals surface area contributed by atoms with Crippen LogP contribution in [0.1, 0.15) is 21.5 Å². The summed E-state index contributed by atoms with van der Waals surface area (Å²) in [6.45, 7) is 2.67. The van der Waals surface area contributed by atoms with E-state index < -0.39 is 23.6 Å². The van der Waals surface area contributed by atoms with E-state index >= 15 is 0 Å². The zero-order valence-electron chi connectivity index (χ0n) is 16.8. The van der Waals surface area contributed by atoms with E-state index in [-0.39, 0.29) is 11.3 Å². The maximum Gasteiger partial charge on any atom is 0.416 e. The first kappa shape index (κ1) is 23.6. The van der Waals surface area contributed by atoms with Crippen LogP contribution in [0.15, 0.2) is 47.4 Å². The number of aryl methyl sites for hydroxylation is 1. The fourth-order valence-corrected chi connectivity index (χ4v) is 3.52. The molecule has 10 heteroatoms. The fourth-order valence-electron chi connectivity index (χ4n) is 2.40. The Labute approximate surface area is 177 Å². The van der Waals surface area contributed by atoms with Gasteiger partial charge in [0.2, 0.25) is 5.96 Å². The summed E-state index contributed by atoms with van der Waals surface area (Å²) < 4.78 is 38.8. The minimum atomic E-state index is -4.60. The van der Waals surface area contributed by atoms with Crippen LogP contribution in [-0.4, -0.2) is 48.2 Å². The Morgan fingerprint density at radius 1 is 1.20 bits per heavy atom. The van der Waals surface area contributed by atoms with Gasteiger partial charge in [-0.1, -0.05) is 6.07 Å². The molecule has 0 saturated carbocycles. The highest BCUT2D eigenvalue weighted by Gasteiger charge is 2.32. The van der Waals surface area contributed by atoms with E-state index in [0.29, 0.717) is 16.7 Å². The Bertz CT molecular complexity index is 919. The minimum absolute atomic E-state index is 0.266. The predicted octanol–water partition coefficient (Wildman–Crippen LogP) is 4.00. The maximum atomic E-state index is 12.9. The number of nitrogens with two attached hydrogens (primary N) is 1. The Morgan fingerprint density at radius 2 is 1.90 bits per heavy atom. The van der Waals surface area contributed by atoms with Crippen LogP contribution in [0, 0.1) is 12.3 Å². The number of hydroxylamine groups is 2. The van der Waals surface area contributed by atoms with Gasteiger partial charge in [0.05, 0.1) is 5.56 Å². The minimum Gasteiger partial charge on any atom is -0.368 e. The van der Waals surface area contributed by atoms with Crippen molar-refractivity contribution in [2.45, 2.75) is 18.0 Å². The highest BCUT2D eigenvalue weighted by Crippen LogP contribution is 2.30. The van der Waals surface area contributed by atoms with Gasteiger partial charge in [0, 0.05) is 22.8 Å². The molecule has 0 aliphatic rings. The molecule has 0 heterocycles. The molecule has 0 aliphatic carbocycles. The molecule has 162 valence electrons. The first-order valence-electron chi connectivity index (χ1n) is 8.91. The lowest BCUT2D eigenvalue weighted by molar-refractivity contribution is -0.137. The number of nitrogens with one attached hydrogen (secondary N) is 1. The van der Waals surface area contributed by atoms with Crippen molar-refractivity contribution in [2.75, 3.05) is 26.4 Å². The topological polar surface area (TPSA) is 82.7 Å². The number of amides is 1. The second-order valence-corrected chi connectivity index (χ2v) is 7.90. The first-order chi connectivity index (χ1) is 14.0. The highest BCUT2D eigenvalue weighted by atomic mass is 32.2. The number of carbonyl (C=O) groups excluding carboxylic acids is 1. The molecular formula is C20H23F3N4O2S. The molecule has 0 fully saturated rings. The van der Waals surface area contributed by atoms with Crippen molar-refractivity contribution >= 4 is 23.6 Å². The molecule has 1 amide bonds. The molecule has 30 heavy (non-hydrogen) atoms. The molecule has 0 spiro atoms. The molecule has 0 aromatic heterocycles. The van der Waals surface area contributed by atoms with Crippen LogP contribution in [0.25, 0.3) is 0 Å². The van der Waals surface area contributed by atoms with Crippen LogP contribution in [-0.2, 0) is 6.18 Å². The van der Waals surface area contributed by atoms with Crippen molar-refractivity contribution in [2.24, 2.45) is 5.73 Å². The van der Waals surface area contributed by atoms with Gasteiger partial charge in [-0.05, 0) is 63.0 Å². The van der Waals surface area contributed by atoms with Crippen LogP contribution >= 0.6 is 11.8 Å². The second kappa shape index (κ2) is 9.86. The van der Waals surface area contributed by atoms with E-state index in [9.17, 15) is 18.0 Å². The van der Waals surface area contributed by atoms with Gasteiger partial charge in [-0.15, -0.1) is 16.8 Å². The molecule has 0 atom stereocenters. The number of hydrogen-bond donors (Lipinski definition) is 2. The Hall–Kier alpha value is -2.72. The Kier molecular flexibility index (Phi) is 7.74. The number of benzene rings is 2. The number of alkyl halides is 3. The summed E-state index contributed by atoms with van der Waals surface area (Å²) in [4.78, 5) is 21.2. The second-order valence-electron chi connectivity index (χ2n) is 6.73. The van der Waals surface area contributed by atoms with Crippen molar-refractivity contribution < 1.29 is 22.8 Å². The number of halogens is 3. The number of thioether (sulfide) groups is 1. The zero-order valence-corrected chi connectivity index (χ0v) is 17.6. The molecule has 0 bridgehead atoms. The third-order valence-corrected chi connectivity index (χ3v) is 4.96. The van der Waals surface area contributed by atoms with Crippen LogP contribution in [0.5, 0.6) is 5.75 Å². The summed E-state index contributed by atoms with van der Waals surface area (Å²) in [6, 6.07) is 9.15. The molecule has 0 saturated heterocycles. The van der Waals surface area contributed by atoms with Gasteiger partial charge >= 0.3 is 6.18 Å². The van der Waals surface area contributed by atoms with Gasteiger partial charge < -0.3 is 15.5 Å². The van der Waals surface area contributed by atoms with Crippen LogP contribution in [0.3, 0.4) is 0 Å². The molecular weight excluding hydrogens is 417 g/mol. The van der Waals surface area contributed by atoms with Gasteiger partial charge in [0.1, 0.15) is 0 Å². The summed E-state index contributed by atoms with van der Waals surface area (Å²) in [5, 5.41) is 8.10. The SMILES string of the molecule is Cc1cc(SCCN(C)C)ccc1ON(C(=N)N)C(=O)c1cccc(C(F)(F)F)c1. The average molecular weight is 440 g/mol. The molecule has 0 radical (unpaired) electrons. The maximum absolute atomic E-state index is 12.9. The van der Waals surface area contributed by atoms with Crippen molar-refractivity contribution in [1.29, 1.82) is 5.41 Å². The monoisotopic (exact) mass is 440 g/mol. The lowest BCUT2D eigenvalue weighted by atomic mass is 10.1. The summed E-state index contributed by atoms with van der Waals surface area (Å²) in [6.07, 6.45) is -4.60. The van der Waals surface area contributed by atoms with E-state index in [1.165, 1.54) is 6.07 Å². The first-order valence-corrected chi connectivity index (χ1v) is 9.89. The lowest BCUT2D eigenvalue weighted by Gasteiger charge is -2.22. The average Bonchev–Trinajstić information content (AvgIpc) is 2.65. The molecule has 2 rings (SSSR count). The Balaban J connectivity index is 2.20. The van der Waals surface area contributed by atoms with Crippen molar-refractivity contribution in [1.82, 2.24) is 9.96 Å². The summed E-state index contributed by atoms with van der Waals surface area (Å²) in [5.74, 6) is -0.568. The Morgan fingerprint density at radius 3 is 2.47 bits per heavy atom. The summed E-state index contributed by atoms with van der Waals surface area (Å²) >= 11 is 1.65. The number of guanidine groups is 1. The van der Waals surface area contributed by atoms with Gasteiger partial charge in [-0.2, -0.15) is 13.2 Å². The number of nitrogens with zero attached hydrogens (tertiary/aromatic N) is 2. The summed E-state index contributed by atoms with van der Waals surface area (Å²) in [7, 11) is 3.97. The number of rotatable bonds is 7. The predicted molar refractivity (Wildman–Crippen MR) is 111 cm³/mol. The fraction of sp³-hybridized carbons (Fsp3) is 0.300. The zero-order chi connectivity index (χ0) is 22.5.